The zero-order chi connectivity index (χ0) is 30.2. The van der Waals surface area contributed by atoms with Gasteiger partial charge in [0.2, 0.25) is 0 Å². The van der Waals surface area contributed by atoms with Crippen molar-refractivity contribution in [2.24, 2.45) is 4.99 Å². The summed E-state index contributed by atoms with van der Waals surface area (Å²) in [5.74, 6) is 1.04. The maximum absolute atomic E-state index is 4.92. The zero-order valence-electron chi connectivity index (χ0n) is 24.9. The fraction of sp³-hybridized carbons (Fsp3) is 0.0488. The van der Waals surface area contributed by atoms with Crippen LogP contribution in [0.25, 0.3) is 77.0 Å². The van der Waals surface area contributed by atoms with Crippen molar-refractivity contribution in [2.75, 3.05) is 0 Å². The minimum absolute atomic E-state index is 0.928. The third kappa shape index (κ3) is 3.60. The number of aliphatic imine (C=N–C) groups is 1. The van der Waals surface area contributed by atoms with Crippen molar-refractivity contribution in [3.05, 3.63) is 139 Å². The molecule has 46 heavy (non-hydrogen) atoms. The normalized spacial score (nSPS) is 13.0. The van der Waals surface area contributed by atoms with Crippen molar-refractivity contribution in [1.82, 2.24) is 19.1 Å². The highest BCUT2D eigenvalue weighted by atomic mass is 15.1. The average molecular weight is 590 g/mol. The van der Waals surface area contributed by atoms with Gasteiger partial charge in [0.1, 0.15) is 5.82 Å². The van der Waals surface area contributed by atoms with Gasteiger partial charge in [0.15, 0.2) is 0 Å². The van der Waals surface area contributed by atoms with E-state index < -0.39 is 0 Å². The van der Waals surface area contributed by atoms with Gasteiger partial charge in [0.25, 0.3) is 0 Å². The summed E-state index contributed by atoms with van der Waals surface area (Å²) in [4.78, 5) is 14.4. The molecule has 0 saturated heterocycles. The Morgan fingerprint density at radius 2 is 1.33 bits per heavy atom. The van der Waals surface area contributed by atoms with E-state index in [1.807, 2.05) is 24.5 Å². The highest BCUT2D eigenvalue weighted by Gasteiger charge is 2.21. The van der Waals surface area contributed by atoms with Crippen molar-refractivity contribution in [3.63, 3.8) is 0 Å². The second-order valence-corrected chi connectivity index (χ2v) is 12.0. The highest BCUT2D eigenvalue weighted by Crippen LogP contribution is 2.41. The van der Waals surface area contributed by atoms with Crippen LogP contribution in [-0.4, -0.2) is 25.3 Å². The molecule has 0 saturated carbocycles. The van der Waals surface area contributed by atoms with Crippen LogP contribution >= 0.6 is 0 Å². The van der Waals surface area contributed by atoms with Crippen LogP contribution in [0, 0.1) is 0 Å². The van der Waals surface area contributed by atoms with Gasteiger partial charge in [0, 0.05) is 62.5 Å². The molecule has 4 aromatic heterocycles. The molecule has 5 aromatic carbocycles. The molecule has 1 aliphatic rings. The van der Waals surface area contributed by atoms with Crippen molar-refractivity contribution >= 4 is 66.5 Å². The van der Waals surface area contributed by atoms with E-state index in [1.165, 1.54) is 32.8 Å². The number of rotatable bonds is 3. The summed E-state index contributed by atoms with van der Waals surface area (Å²) in [6.07, 6.45) is 7.74. The molecule has 1 aliphatic heterocycles. The van der Waals surface area contributed by atoms with Crippen LogP contribution in [0.1, 0.15) is 12.0 Å². The molecule has 0 fully saturated rings. The van der Waals surface area contributed by atoms with Gasteiger partial charge in [-0.2, -0.15) is 0 Å². The van der Waals surface area contributed by atoms with E-state index in [2.05, 4.69) is 130 Å². The lowest BCUT2D eigenvalue weighted by atomic mass is 9.96. The fourth-order valence-corrected chi connectivity index (χ4v) is 7.48. The molecule has 0 N–H and O–H groups in total. The second-order valence-electron chi connectivity index (χ2n) is 12.0. The number of hydrogen-bond donors (Lipinski definition) is 0. The minimum Gasteiger partial charge on any atom is -0.309 e. The molecule has 0 aliphatic carbocycles. The van der Waals surface area contributed by atoms with Crippen LogP contribution < -0.4 is 0 Å². The van der Waals surface area contributed by atoms with Crippen molar-refractivity contribution in [2.45, 2.75) is 12.8 Å². The van der Waals surface area contributed by atoms with Gasteiger partial charge in [-0.15, -0.1) is 0 Å². The molecular formula is C41H27N5. The van der Waals surface area contributed by atoms with Gasteiger partial charge in [0.05, 0.1) is 27.6 Å². The Morgan fingerprint density at radius 1 is 0.522 bits per heavy atom. The Labute approximate surface area is 264 Å². The van der Waals surface area contributed by atoms with E-state index in [4.69, 9.17) is 9.98 Å². The monoisotopic (exact) mass is 589 g/mol. The molecule has 0 atom stereocenters. The van der Waals surface area contributed by atoms with E-state index in [0.29, 0.717) is 0 Å². The lowest BCUT2D eigenvalue weighted by Crippen LogP contribution is -1.98. The number of hydrogen-bond acceptors (Lipinski definition) is 3. The molecule has 0 bridgehead atoms. The Balaban J connectivity index is 1.26. The summed E-state index contributed by atoms with van der Waals surface area (Å²) in [5, 5.41) is 5.90. The Bertz CT molecular complexity index is 2700. The van der Waals surface area contributed by atoms with Crippen LogP contribution in [0.5, 0.6) is 0 Å². The molecule has 0 amide bonds. The standard InChI is InChI=1S/C41H27N5/c1-2-10-28(11-3-1)45-37-19-16-26(34-24-27-9-6-20-42-39(27)40-32(34)13-7-21-43-40)23-35(37)31-18-17-29(25-38(31)45)46-36-15-5-4-12-30(36)33-14-8-22-44-41(33)46/h1-7,9-13,15-25H,8,14H2. The lowest BCUT2D eigenvalue weighted by Gasteiger charge is -2.13. The summed E-state index contributed by atoms with van der Waals surface area (Å²) in [6, 6.07) is 43.6. The molecule has 216 valence electrons. The highest BCUT2D eigenvalue weighted by molar-refractivity contribution is 6.14. The number of aromatic nitrogens is 4. The number of fused-ring (bicyclic) bond motifs is 9. The predicted octanol–water partition coefficient (Wildman–Crippen LogP) is 10.1. The Kier molecular flexibility index (Phi) is 5.34. The number of nitrogens with zero attached hydrogens (tertiary/aromatic N) is 5. The first kappa shape index (κ1) is 25.3. The third-order valence-corrected chi connectivity index (χ3v) is 9.48. The van der Waals surface area contributed by atoms with Gasteiger partial charge in [-0.3, -0.25) is 14.5 Å². The molecule has 0 unspecified atom stereocenters. The van der Waals surface area contributed by atoms with Gasteiger partial charge in [-0.05, 0) is 84.6 Å². The summed E-state index contributed by atoms with van der Waals surface area (Å²) in [5.41, 5.74) is 11.3. The first-order chi connectivity index (χ1) is 22.8. The van der Waals surface area contributed by atoms with E-state index in [0.717, 1.165) is 68.5 Å². The number of para-hydroxylation sites is 2. The predicted molar refractivity (Wildman–Crippen MR) is 190 cm³/mol. The molecular weight excluding hydrogens is 562 g/mol. The smallest absolute Gasteiger partial charge is 0.141 e. The minimum atomic E-state index is 0.928. The van der Waals surface area contributed by atoms with Crippen LogP contribution in [-0.2, 0) is 6.42 Å². The molecule has 0 radical (unpaired) electrons. The fourth-order valence-electron chi connectivity index (χ4n) is 7.48. The van der Waals surface area contributed by atoms with Crippen LogP contribution in [0.15, 0.2) is 139 Å². The van der Waals surface area contributed by atoms with E-state index in [1.54, 1.807) is 0 Å². The number of aryl methyl sites for hydroxylation is 1. The Hall–Kier alpha value is -6.07. The quantitative estimate of drug-likeness (QED) is 0.193. The van der Waals surface area contributed by atoms with Gasteiger partial charge in [-0.1, -0.05) is 60.7 Å². The van der Waals surface area contributed by atoms with Crippen molar-refractivity contribution < 1.29 is 0 Å². The van der Waals surface area contributed by atoms with Crippen LogP contribution in [0.4, 0.5) is 5.82 Å². The maximum Gasteiger partial charge on any atom is 0.141 e. The van der Waals surface area contributed by atoms with Crippen LogP contribution in [0.3, 0.4) is 0 Å². The van der Waals surface area contributed by atoms with Crippen molar-refractivity contribution in [3.8, 4) is 22.5 Å². The Morgan fingerprint density at radius 3 is 2.26 bits per heavy atom. The first-order valence-electron chi connectivity index (χ1n) is 15.8. The molecule has 0 spiro atoms. The largest absolute Gasteiger partial charge is 0.309 e. The molecule has 5 nitrogen and oxygen atoms in total. The van der Waals surface area contributed by atoms with Gasteiger partial charge in [-0.25, -0.2) is 4.99 Å². The molecule has 9 aromatic rings. The first-order valence-corrected chi connectivity index (χ1v) is 15.8. The SMILES string of the molecule is C1=Nc2c(c3ccccc3n2-c2ccc3c4cc(-c5cc6cccnc6c6ncccc56)ccc4n(-c4ccccc4)c3c2)CC1. The summed E-state index contributed by atoms with van der Waals surface area (Å²) in [7, 11) is 0. The van der Waals surface area contributed by atoms with E-state index >= 15 is 0 Å². The molecule has 10 rings (SSSR count). The van der Waals surface area contributed by atoms with E-state index in [9.17, 15) is 0 Å². The molecule has 5 heterocycles. The van der Waals surface area contributed by atoms with Gasteiger partial charge < -0.3 is 4.57 Å². The van der Waals surface area contributed by atoms with Crippen LogP contribution in [0.2, 0.25) is 0 Å². The summed E-state index contributed by atoms with van der Waals surface area (Å²) >= 11 is 0. The van der Waals surface area contributed by atoms with Gasteiger partial charge >= 0.3 is 0 Å². The average Bonchev–Trinajstić information content (AvgIpc) is 3.64. The molecule has 5 heteroatoms. The summed E-state index contributed by atoms with van der Waals surface area (Å²) < 4.78 is 4.73. The summed E-state index contributed by atoms with van der Waals surface area (Å²) in [6.45, 7) is 0. The third-order valence-electron chi connectivity index (χ3n) is 9.48. The number of benzene rings is 5. The number of pyridine rings is 2. The maximum atomic E-state index is 4.92. The van der Waals surface area contributed by atoms with Crippen molar-refractivity contribution in [1.29, 1.82) is 0 Å². The van der Waals surface area contributed by atoms with E-state index in [-0.39, 0.29) is 0 Å². The second kappa shape index (κ2) is 9.71. The lowest BCUT2D eigenvalue weighted by molar-refractivity contribution is 1.00. The zero-order valence-corrected chi connectivity index (χ0v) is 24.9. The topological polar surface area (TPSA) is 48.0 Å².